The number of nitrogens with two attached hydrogens (primary N) is 1. The highest BCUT2D eigenvalue weighted by molar-refractivity contribution is 7.99. The zero-order valence-corrected chi connectivity index (χ0v) is 8.67. The molecule has 1 aliphatic heterocycles. The van der Waals surface area contributed by atoms with Crippen molar-refractivity contribution >= 4 is 11.8 Å². The lowest BCUT2D eigenvalue weighted by molar-refractivity contribution is 0.0692. The minimum absolute atomic E-state index is 0.0419. The fourth-order valence-electron chi connectivity index (χ4n) is 1.32. The number of rotatable bonds is 2. The maximum Gasteiger partial charge on any atom is 0.158 e. The van der Waals surface area contributed by atoms with Crippen LogP contribution in [0.5, 0.6) is 0 Å². The van der Waals surface area contributed by atoms with Crippen LogP contribution in [-0.4, -0.2) is 28.1 Å². The third kappa shape index (κ3) is 2.23. The van der Waals surface area contributed by atoms with Crippen molar-refractivity contribution in [3.63, 3.8) is 0 Å². The minimum Gasteiger partial charge on any atom is -0.368 e. The van der Waals surface area contributed by atoms with Crippen molar-refractivity contribution < 1.29 is 4.74 Å². The molecule has 1 fully saturated rings. The fourth-order valence-corrected chi connectivity index (χ4v) is 2.16. The molecule has 0 bridgehead atoms. The Bertz CT molecular complexity index is 302. The molecular formula is C9H13N3OS. The summed E-state index contributed by atoms with van der Waals surface area (Å²) in [5.41, 5.74) is 6.38. The zero-order chi connectivity index (χ0) is 9.80. The van der Waals surface area contributed by atoms with Crippen LogP contribution in [0.15, 0.2) is 12.3 Å². The monoisotopic (exact) mass is 211 g/mol. The van der Waals surface area contributed by atoms with Crippen molar-refractivity contribution in [3.8, 4) is 0 Å². The van der Waals surface area contributed by atoms with Gasteiger partial charge in [-0.2, -0.15) is 11.8 Å². The first kappa shape index (κ1) is 9.89. The van der Waals surface area contributed by atoms with E-state index in [0.29, 0.717) is 6.54 Å². The summed E-state index contributed by atoms with van der Waals surface area (Å²) in [6, 6.07) is 1.83. The molecule has 0 spiro atoms. The maximum absolute atomic E-state index is 5.58. The van der Waals surface area contributed by atoms with Gasteiger partial charge in [0, 0.05) is 24.2 Å². The van der Waals surface area contributed by atoms with Crippen molar-refractivity contribution in [3.05, 3.63) is 23.8 Å². The molecule has 0 aliphatic carbocycles. The first-order valence-electron chi connectivity index (χ1n) is 4.61. The molecule has 0 amide bonds. The summed E-state index contributed by atoms with van der Waals surface area (Å²) in [7, 11) is 0. The fraction of sp³-hybridized carbons (Fsp3) is 0.556. The van der Waals surface area contributed by atoms with Crippen molar-refractivity contribution in [2.24, 2.45) is 5.73 Å². The summed E-state index contributed by atoms with van der Waals surface area (Å²) in [6.45, 7) is 1.24. The van der Waals surface area contributed by atoms with Crippen molar-refractivity contribution in [1.82, 2.24) is 9.97 Å². The molecule has 1 atom stereocenters. The van der Waals surface area contributed by atoms with Crippen LogP contribution in [-0.2, 0) is 11.3 Å². The molecule has 1 aliphatic rings. The van der Waals surface area contributed by atoms with E-state index < -0.39 is 0 Å². The Kier molecular flexibility index (Phi) is 3.34. The lowest BCUT2D eigenvalue weighted by atomic mass is 10.3. The van der Waals surface area contributed by atoms with Gasteiger partial charge in [0.15, 0.2) is 5.82 Å². The quantitative estimate of drug-likeness (QED) is 0.781. The molecule has 1 saturated heterocycles. The molecule has 2 heterocycles. The van der Waals surface area contributed by atoms with Crippen molar-refractivity contribution in [1.29, 1.82) is 0 Å². The molecule has 1 aromatic rings. The number of ether oxygens (including phenoxy) is 1. The van der Waals surface area contributed by atoms with Gasteiger partial charge in [-0.25, -0.2) is 9.97 Å². The number of thioether (sulfide) groups is 1. The van der Waals surface area contributed by atoms with Crippen molar-refractivity contribution in [2.45, 2.75) is 12.6 Å². The third-order valence-corrected chi connectivity index (χ3v) is 3.04. The van der Waals surface area contributed by atoms with Gasteiger partial charge in [-0.1, -0.05) is 0 Å². The Balaban J connectivity index is 2.13. The zero-order valence-electron chi connectivity index (χ0n) is 7.85. The van der Waals surface area contributed by atoms with Crippen LogP contribution in [0.3, 0.4) is 0 Å². The van der Waals surface area contributed by atoms with Gasteiger partial charge in [-0.3, -0.25) is 0 Å². The topological polar surface area (TPSA) is 61.0 Å². The van der Waals surface area contributed by atoms with E-state index in [1.54, 1.807) is 6.20 Å². The van der Waals surface area contributed by atoms with Crippen LogP contribution >= 0.6 is 11.8 Å². The van der Waals surface area contributed by atoms with E-state index >= 15 is 0 Å². The number of aromatic nitrogens is 2. The van der Waals surface area contributed by atoms with Gasteiger partial charge in [0.05, 0.1) is 12.3 Å². The summed E-state index contributed by atoms with van der Waals surface area (Å²) in [4.78, 5) is 8.55. The summed E-state index contributed by atoms with van der Waals surface area (Å²) in [5.74, 6) is 2.77. The van der Waals surface area contributed by atoms with Crippen LogP contribution in [0.2, 0.25) is 0 Å². The van der Waals surface area contributed by atoms with E-state index in [0.717, 1.165) is 29.6 Å². The van der Waals surface area contributed by atoms with Gasteiger partial charge in [-0.05, 0) is 6.07 Å². The predicted octanol–water partition coefficient (Wildman–Crippen LogP) is 0.740. The second kappa shape index (κ2) is 4.72. The summed E-state index contributed by atoms with van der Waals surface area (Å²) < 4.78 is 5.58. The Labute approximate surface area is 87.3 Å². The van der Waals surface area contributed by atoms with Crippen LogP contribution in [0.4, 0.5) is 0 Å². The standard InChI is InChI=1S/C9H13N3OS/c10-5-7-1-2-11-9(12-7)8-6-14-4-3-13-8/h1-2,8H,3-6,10H2. The second-order valence-corrected chi connectivity index (χ2v) is 4.19. The molecular weight excluding hydrogens is 198 g/mol. The lowest BCUT2D eigenvalue weighted by Crippen LogP contribution is -2.18. The molecule has 0 saturated carbocycles. The van der Waals surface area contributed by atoms with Gasteiger partial charge in [-0.15, -0.1) is 0 Å². The number of hydrogen-bond donors (Lipinski definition) is 1. The Morgan fingerprint density at radius 3 is 3.29 bits per heavy atom. The van der Waals surface area contributed by atoms with Crippen LogP contribution in [0.1, 0.15) is 17.6 Å². The molecule has 1 unspecified atom stereocenters. The number of nitrogens with zero attached hydrogens (tertiary/aromatic N) is 2. The Morgan fingerprint density at radius 1 is 1.64 bits per heavy atom. The van der Waals surface area contributed by atoms with E-state index in [1.807, 2.05) is 17.8 Å². The molecule has 4 nitrogen and oxygen atoms in total. The SMILES string of the molecule is NCc1ccnc(C2CSCCO2)n1. The molecule has 0 radical (unpaired) electrons. The van der Waals surface area contributed by atoms with Gasteiger partial charge in [0.2, 0.25) is 0 Å². The molecule has 14 heavy (non-hydrogen) atoms. The average Bonchev–Trinajstić information content (AvgIpc) is 2.30. The minimum atomic E-state index is 0.0419. The Morgan fingerprint density at radius 2 is 2.57 bits per heavy atom. The summed E-state index contributed by atoms with van der Waals surface area (Å²) >= 11 is 1.88. The molecule has 0 aromatic carbocycles. The van der Waals surface area contributed by atoms with Crippen LogP contribution in [0.25, 0.3) is 0 Å². The van der Waals surface area contributed by atoms with E-state index in [9.17, 15) is 0 Å². The smallest absolute Gasteiger partial charge is 0.158 e. The number of hydrogen-bond acceptors (Lipinski definition) is 5. The first-order valence-corrected chi connectivity index (χ1v) is 5.77. The molecule has 5 heteroatoms. The van der Waals surface area contributed by atoms with E-state index in [2.05, 4.69) is 9.97 Å². The average molecular weight is 211 g/mol. The molecule has 1 aromatic heterocycles. The van der Waals surface area contributed by atoms with Gasteiger partial charge >= 0.3 is 0 Å². The summed E-state index contributed by atoms with van der Waals surface area (Å²) in [5, 5.41) is 0. The van der Waals surface area contributed by atoms with Gasteiger partial charge < -0.3 is 10.5 Å². The first-order chi connectivity index (χ1) is 6.90. The predicted molar refractivity (Wildman–Crippen MR) is 55.9 cm³/mol. The van der Waals surface area contributed by atoms with Crippen LogP contribution < -0.4 is 5.73 Å². The van der Waals surface area contributed by atoms with E-state index in [1.165, 1.54) is 0 Å². The molecule has 76 valence electrons. The molecule has 2 rings (SSSR count). The third-order valence-electron chi connectivity index (χ3n) is 2.04. The Hall–Kier alpha value is -0.650. The largest absolute Gasteiger partial charge is 0.368 e. The molecule has 2 N–H and O–H groups in total. The van der Waals surface area contributed by atoms with Gasteiger partial charge in [0.1, 0.15) is 6.10 Å². The van der Waals surface area contributed by atoms with E-state index in [4.69, 9.17) is 10.5 Å². The highest BCUT2D eigenvalue weighted by Crippen LogP contribution is 2.23. The highest BCUT2D eigenvalue weighted by Gasteiger charge is 2.18. The van der Waals surface area contributed by atoms with E-state index in [-0.39, 0.29) is 6.10 Å². The van der Waals surface area contributed by atoms with Crippen molar-refractivity contribution in [2.75, 3.05) is 18.1 Å². The lowest BCUT2D eigenvalue weighted by Gasteiger charge is -2.20. The van der Waals surface area contributed by atoms with Crippen LogP contribution in [0, 0.1) is 0 Å². The second-order valence-electron chi connectivity index (χ2n) is 3.04. The highest BCUT2D eigenvalue weighted by atomic mass is 32.2. The normalized spacial score (nSPS) is 22.2. The summed E-state index contributed by atoms with van der Waals surface area (Å²) in [6.07, 6.45) is 1.79. The van der Waals surface area contributed by atoms with Gasteiger partial charge in [0.25, 0.3) is 0 Å². The maximum atomic E-state index is 5.58.